The third-order valence-electron chi connectivity index (χ3n) is 4.69. The van der Waals surface area contributed by atoms with Crippen LogP contribution < -0.4 is 5.32 Å². The summed E-state index contributed by atoms with van der Waals surface area (Å²) in [6.45, 7) is 7.57. The first-order valence-electron chi connectivity index (χ1n) is 8.06. The van der Waals surface area contributed by atoms with Gasteiger partial charge in [-0.15, -0.1) is 0 Å². The lowest BCUT2D eigenvalue weighted by Gasteiger charge is -2.42. The second-order valence-corrected chi connectivity index (χ2v) is 6.88. The van der Waals surface area contributed by atoms with Gasteiger partial charge in [0.2, 0.25) is 11.8 Å². The maximum Gasteiger partial charge on any atom is 0.408 e. The molecule has 0 saturated carbocycles. The molecule has 1 fully saturated rings. The van der Waals surface area contributed by atoms with Crippen molar-refractivity contribution in [1.29, 1.82) is 0 Å². The number of aromatic nitrogens is 2. The van der Waals surface area contributed by atoms with Crippen LogP contribution in [-0.4, -0.2) is 51.3 Å². The standard InChI is InChI=1S/C16H23F3N4O2/c1-9(13(24)22-7-6-20-14(25)15(22,4)5)12-10(2)21-23(11(12)3)8-16(17,18)19/h9H,6-8H2,1-5H3,(H,20,25). The molecule has 0 spiro atoms. The van der Waals surface area contributed by atoms with Crippen LogP contribution in [0.5, 0.6) is 0 Å². The van der Waals surface area contributed by atoms with E-state index in [2.05, 4.69) is 10.4 Å². The normalized spacial score (nSPS) is 18.9. The smallest absolute Gasteiger partial charge is 0.352 e. The fourth-order valence-electron chi connectivity index (χ4n) is 3.30. The molecule has 1 saturated heterocycles. The minimum atomic E-state index is -4.39. The fraction of sp³-hybridized carbons (Fsp3) is 0.688. The van der Waals surface area contributed by atoms with E-state index in [1.807, 2.05) is 0 Å². The molecular weight excluding hydrogens is 337 g/mol. The van der Waals surface area contributed by atoms with Gasteiger partial charge in [0.05, 0.1) is 11.6 Å². The Kier molecular flexibility index (Phi) is 4.89. The number of hydrogen-bond donors (Lipinski definition) is 1. The summed E-state index contributed by atoms with van der Waals surface area (Å²) >= 11 is 0. The maximum absolute atomic E-state index is 12.9. The van der Waals surface area contributed by atoms with Gasteiger partial charge in [-0.3, -0.25) is 14.3 Å². The highest BCUT2D eigenvalue weighted by atomic mass is 19.4. The van der Waals surface area contributed by atoms with Gasteiger partial charge < -0.3 is 10.2 Å². The predicted octanol–water partition coefficient (Wildman–Crippen LogP) is 1.90. The zero-order valence-electron chi connectivity index (χ0n) is 15.0. The van der Waals surface area contributed by atoms with Gasteiger partial charge in [0.15, 0.2) is 0 Å². The first kappa shape index (κ1) is 19.3. The fourth-order valence-corrected chi connectivity index (χ4v) is 3.30. The molecule has 1 atom stereocenters. The van der Waals surface area contributed by atoms with Gasteiger partial charge in [-0.2, -0.15) is 18.3 Å². The van der Waals surface area contributed by atoms with E-state index in [0.29, 0.717) is 30.0 Å². The average Bonchev–Trinajstić information content (AvgIpc) is 2.73. The molecular formula is C16H23F3N4O2. The number of aryl methyl sites for hydroxylation is 1. The highest BCUT2D eigenvalue weighted by Gasteiger charge is 2.42. The first-order chi connectivity index (χ1) is 11.4. The maximum atomic E-state index is 12.9. The molecule has 0 aliphatic carbocycles. The monoisotopic (exact) mass is 360 g/mol. The molecule has 1 aromatic rings. The van der Waals surface area contributed by atoms with Crippen molar-refractivity contribution in [2.75, 3.05) is 13.1 Å². The SMILES string of the molecule is Cc1nn(CC(F)(F)F)c(C)c1C(C)C(=O)N1CCNC(=O)C1(C)C. The summed E-state index contributed by atoms with van der Waals surface area (Å²) in [5, 5.41) is 6.66. The minimum Gasteiger partial charge on any atom is -0.352 e. The summed E-state index contributed by atoms with van der Waals surface area (Å²) < 4.78 is 38.9. The molecule has 1 aromatic heterocycles. The number of nitrogens with one attached hydrogen (secondary N) is 1. The van der Waals surface area contributed by atoms with Crippen LogP contribution in [-0.2, 0) is 16.1 Å². The van der Waals surface area contributed by atoms with Gasteiger partial charge in [0.1, 0.15) is 12.1 Å². The lowest BCUT2D eigenvalue weighted by molar-refractivity contribution is -0.150. The summed E-state index contributed by atoms with van der Waals surface area (Å²) in [7, 11) is 0. The number of halogens is 3. The highest BCUT2D eigenvalue weighted by molar-refractivity contribution is 5.94. The van der Waals surface area contributed by atoms with E-state index in [0.717, 1.165) is 4.68 Å². The highest BCUT2D eigenvalue weighted by Crippen LogP contribution is 2.30. The Hall–Kier alpha value is -2.06. The minimum absolute atomic E-state index is 0.250. The Morgan fingerprint density at radius 1 is 1.36 bits per heavy atom. The van der Waals surface area contributed by atoms with E-state index >= 15 is 0 Å². The zero-order chi connectivity index (χ0) is 19.2. The number of nitrogens with zero attached hydrogens (tertiary/aromatic N) is 3. The summed E-state index contributed by atoms with van der Waals surface area (Å²) in [4.78, 5) is 26.5. The van der Waals surface area contributed by atoms with E-state index in [-0.39, 0.29) is 11.8 Å². The summed E-state index contributed by atoms with van der Waals surface area (Å²) in [5.74, 6) is -1.23. The molecule has 140 valence electrons. The third-order valence-corrected chi connectivity index (χ3v) is 4.69. The number of rotatable bonds is 3. The number of hydrogen-bond acceptors (Lipinski definition) is 3. The Balaban J connectivity index is 2.33. The number of piperazine rings is 1. The molecule has 2 amide bonds. The number of amides is 2. The van der Waals surface area contributed by atoms with Crippen LogP contribution in [0.1, 0.15) is 43.6 Å². The van der Waals surface area contributed by atoms with E-state index in [1.165, 1.54) is 11.8 Å². The molecule has 25 heavy (non-hydrogen) atoms. The third kappa shape index (κ3) is 3.64. The molecule has 0 bridgehead atoms. The molecule has 0 radical (unpaired) electrons. The largest absolute Gasteiger partial charge is 0.408 e. The van der Waals surface area contributed by atoms with Gasteiger partial charge >= 0.3 is 6.18 Å². The quantitative estimate of drug-likeness (QED) is 0.895. The number of carbonyl (C=O) groups is 2. The molecule has 1 aliphatic heterocycles. The van der Waals surface area contributed by atoms with Crippen LogP contribution >= 0.6 is 0 Å². The van der Waals surface area contributed by atoms with Crippen molar-refractivity contribution in [1.82, 2.24) is 20.0 Å². The average molecular weight is 360 g/mol. The van der Waals surface area contributed by atoms with Gasteiger partial charge in [-0.25, -0.2) is 0 Å². The van der Waals surface area contributed by atoms with Crippen LogP contribution in [0.4, 0.5) is 13.2 Å². The van der Waals surface area contributed by atoms with Crippen LogP contribution in [0.15, 0.2) is 0 Å². The van der Waals surface area contributed by atoms with Gasteiger partial charge in [0.25, 0.3) is 0 Å². The predicted molar refractivity (Wildman–Crippen MR) is 85.0 cm³/mol. The van der Waals surface area contributed by atoms with E-state index < -0.39 is 24.2 Å². The first-order valence-corrected chi connectivity index (χ1v) is 8.06. The molecule has 6 nitrogen and oxygen atoms in total. The second kappa shape index (κ2) is 6.34. The topological polar surface area (TPSA) is 67.2 Å². The second-order valence-electron chi connectivity index (χ2n) is 6.88. The van der Waals surface area contributed by atoms with Crippen molar-refractivity contribution in [3.63, 3.8) is 0 Å². The van der Waals surface area contributed by atoms with Crippen molar-refractivity contribution in [3.8, 4) is 0 Å². The van der Waals surface area contributed by atoms with Gasteiger partial charge in [-0.05, 0) is 34.6 Å². The number of carbonyl (C=O) groups excluding carboxylic acids is 2. The lowest BCUT2D eigenvalue weighted by Crippen LogP contribution is -2.64. The Morgan fingerprint density at radius 2 is 1.96 bits per heavy atom. The van der Waals surface area contributed by atoms with Crippen molar-refractivity contribution >= 4 is 11.8 Å². The van der Waals surface area contributed by atoms with Gasteiger partial charge in [0, 0.05) is 24.3 Å². The molecule has 0 aromatic carbocycles. The molecule has 2 heterocycles. The zero-order valence-corrected chi connectivity index (χ0v) is 15.0. The summed E-state index contributed by atoms with van der Waals surface area (Å²) in [6.07, 6.45) is -4.39. The Bertz CT molecular complexity index is 694. The van der Waals surface area contributed by atoms with Crippen molar-refractivity contribution in [3.05, 3.63) is 17.0 Å². The summed E-state index contributed by atoms with van der Waals surface area (Å²) in [5.41, 5.74) is 0.181. The molecule has 2 rings (SSSR count). The van der Waals surface area contributed by atoms with Crippen molar-refractivity contribution in [2.45, 2.75) is 58.8 Å². The van der Waals surface area contributed by atoms with Crippen LogP contribution in [0.3, 0.4) is 0 Å². The van der Waals surface area contributed by atoms with E-state index in [4.69, 9.17) is 0 Å². The van der Waals surface area contributed by atoms with Crippen molar-refractivity contribution < 1.29 is 22.8 Å². The van der Waals surface area contributed by atoms with Crippen molar-refractivity contribution in [2.24, 2.45) is 0 Å². The van der Waals surface area contributed by atoms with Crippen LogP contribution in [0.2, 0.25) is 0 Å². The lowest BCUT2D eigenvalue weighted by atomic mass is 9.92. The molecule has 1 aliphatic rings. The molecule has 1 unspecified atom stereocenters. The number of alkyl halides is 3. The van der Waals surface area contributed by atoms with Crippen LogP contribution in [0, 0.1) is 13.8 Å². The molecule has 9 heteroatoms. The van der Waals surface area contributed by atoms with E-state index in [1.54, 1.807) is 27.7 Å². The van der Waals surface area contributed by atoms with E-state index in [9.17, 15) is 22.8 Å². The van der Waals surface area contributed by atoms with Gasteiger partial charge in [-0.1, -0.05) is 0 Å². The van der Waals surface area contributed by atoms with Crippen LogP contribution in [0.25, 0.3) is 0 Å². The summed E-state index contributed by atoms with van der Waals surface area (Å²) in [6, 6.07) is 0. The Morgan fingerprint density at radius 3 is 2.52 bits per heavy atom. The Labute approximate surface area is 144 Å². The molecule has 1 N–H and O–H groups in total.